The molecule has 0 saturated heterocycles. The van der Waals surface area contributed by atoms with Crippen molar-refractivity contribution in [1.29, 1.82) is 0 Å². The molecule has 0 amide bonds. The molecule has 19 heavy (non-hydrogen) atoms. The highest BCUT2D eigenvalue weighted by atomic mass is 32.2. The van der Waals surface area contributed by atoms with E-state index in [-0.39, 0.29) is 11.4 Å². The minimum absolute atomic E-state index is 0.126. The van der Waals surface area contributed by atoms with Crippen molar-refractivity contribution in [3.8, 4) is 5.75 Å². The number of nitrogens with one attached hydrogen (secondary N) is 1. The Hall–Kier alpha value is -1.11. The van der Waals surface area contributed by atoms with E-state index in [0.717, 1.165) is 5.56 Å². The van der Waals surface area contributed by atoms with Gasteiger partial charge in [-0.25, -0.2) is 13.1 Å². The molecule has 0 saturated carbocycles. The van der Waals surface area contributed by atoms with Crippen LogP contribution in [0.25, 0.3) is 0 Å². The molecule has 0 fully saturated rings. The second-order valence-corrected chi connectivity index (χ2v) is 6.14. The fourth-order valence-corrected chi connectivity index (χ4v) is 2.94. The first-order valence-electron chi connectivity index (χ1n) is 6.23. The van der Waals surface area contributed by atoms with Crippen LogP contribution in [0.2, 0.25) is 0 Å². The quantitative estimate of drug-likeness (QED) is 0.795. The molecule has 1 atom stereocenters. The van der Waals surface area contributed by atoms with Crippen LogP contribution in [0, 0.1) is 6.92 Å². The van der Waals surface area contributed by atoms with Crippen LogP contribution in [0.5, 0.6) is 5.75 Å². The SMILES string of the molecule is CCC(O)CCNS(=O)(=O)c1cc(C)ccc1OC. The fourth-order valence-electron chi connectivity index (χ4n) is 1.64. The summed E-state index contributed by atoms with van der Waals surface area (Å²) >= 11 is 0. The zero-order chi connectivity index (χ0) is 14.5. The summed E-state index contributed by atoms with van der Waals surface area (Å²) in [5, 5.41) is 9.41. The minimum atomic E-state index is -3.62. The van der Waals surface area contributed by atoms with Gasteiger partial charge < -0.3 is 9.84 Å². The molecule has 0 aromatic heterocycles. The van der Waals surface area contributed by atoms with Crippen molar-refractivity contribution >= 4 is 10.0 Å². The van der Waals surface area contributed by atoms with Gasteiger partial charge in [0.25, 0.3) is 0 Å². The number of hydrogen-bond acceptors (Lipinski definition) is 4. The Morgan fingerprint density at radius 2 is 2.11 bits per heavy atom. The average Bonchev–Trinajstić information content (AvgIpc) is 2.38. The lowest BCUT2D eigenvalue weighted by atomic mass is 10.2. The van der Waals surface area contributed by atoms with E-state index in [9.17, 15) is 13.5 Å². The molecule has 0 radical (unpaired) electrons. The molecule has 0 bridgehead atoms. The van der Waals surface area contributed by atoms with E-state index in [1.807, 2.05) is 13.8 Å². The summed E-state index contributed by atoms with van der Waals surface area (Å²) in [6.45, 7) is 3.87. The van der Waals surface area contributed by atoms with Crippen LogP contribution in [0.15, 0.2) is 23.1 Å². The molecular formula is C13H21NO4S. The van der Waals surface area contributed by atoms with Crippen molar-refractivity contribution in [3.63, 3.8) is 0 Å². The first-order chi connectivity index (χ1) is 8.90. The molecule has 0 aliphatic rings. The molecule has 1 aromatic rings. The van der Waals surface area contributed by atoms with Gasteiger partial charge in [-0.15, -0.1) is 0 Å². The molecule has 1 unspecified atom stereocenters. The van der Waals surface area contributed by atoms with Crippen LogP contribution in [-0.2, 0) is 10.0 Å². The minimum Gasteiger partial charge on any atom is -0.495 e. The third kappa shape index (κ3) is 4.49. The summed E-state index contributed by atoms with van der Waals surface area (Å²) in [6, 6.07) is 4.99. The molecule has 5 nitrogen and oxygen atoms in total. The lowest BCUT2D eigenvalue weighted by Gasteiger charge is -2.12. The van der Waals surface area contributed by atoms with E-state index in [4.69, 9.17) is 4.74 Å². The normalized spacial score (nSPS) is 13.3. The van der Waals surface area contributed by atoms with E-state index in [0.29, 0.717) is 18.6 Å². The molecular weight excluding hydrogens is 266 g/mol. The van der Waals surface area contributed by atoms with Crippen LogP contribution < -0.4 is 9.46 Å². The van der Waals surface area contributed by atoms with Gasteiger partial charge in [0.05, 0.1) is 13.2 Å². The number of aryl methyl sites for hydroxylation is 1. The summed E-state index contributed by atoms with van der Waals surface area (Å²) in [4.78, 5) is 0.126. The van der Waals surface area contributed by atoms with Gasteiger partial charge in [0.15, 0.2) is 0 Å². The van der Waals surface area contributed by atoms with Gasteiger partial charge in [-0.2, -0.15) is 0 Å². The van der Waals surface area contributed by atoms with E-state index in [1.54, 1.807) is 18.2 Å². The highest BCUT2D eigenvalue weighted by Crippen LogP contribution is 2.24. The molecule has 1 rings (SSSR count). The number of aliphatic hydroxyl groups excluding tert-OH is 1. The second kappa shape index (κ2) is 6.88. The zero-order valence-electron chi connectivity index (χ0n) is 11.5. The third-order valence-electron chi connectivity index (χ3n) is 2.85. The zero-order valence-corrected chi connectivity index (χ0v) is 12.3. The number of aliphatic hydroxyl groups is 1. The first kappa shape index (κ1) is 15.9. The maximum Gasteiger partial charge on any atom is 0.244 e. The maximum atomic E-state index is 12.2. The van der Waals surface area contributed by atoms with Gasteiger partial charge >= 0.3 is 0 Å². The lowest BCUT2D eigenvalue weighted by molar-refractivity contribution is 0.162. The average molecular weight is 287 g/mol. The summed E-state index contributed by atoms with van der Waals surface area (Å²) < 4.78 is 31.9. The van der Waals surface area contributed by atoms with Gasteiger partial charge in [0.2, 0.25) is 10.0 Å². The topological polar surface area (TPSA) is 75.6 Å². The van der Waals surface area contributed by atoms with Crippen molar-refractivity contribution < 1.29 is 18.3 Å². The molecule has 0 spiro atoms. The van der Waals surface area contributed by atoms with Crippen LogP contribution in [0.3, 0.4) is 0 Å². The molecule has 2 N–H and O–H groups in total. The van der Waals surface area contributed by atoms with Gasteiger partial charge in [-0.3, -0.25) is 0 Å². The summed E-state index contributed by atoms with van der Waals surface area (Å²) in [5.74, 6) is 0.314. The molecule has 0 aliphatic carbocycles. The number of hydrogen-bond donors (Lipinski definition) is 2. The Morgan fingerprint density at radius 1 is 1.42 bits per heavy atom. The van der Waals surface area contributed by atoms with Crippen molar-refractivity contribution in [3.05, 3.63) is 23.8 Å². The largest absolute Gasteiger partial charge is 0.495 e. The van der Waals surface area contributed by atoms with Gasteiger partial charge in [0.1, 0.15) is 10.6 Å². The van der Waals surface area contributed by atoms with Crippen molar-refractivity contribution in [1.82, 2.24) is 4.72 Å². The van der Waals surface area contributed by atoms with Gasteiger partial charge in [-0.05, 0) is 37.5 Å². The number of methoxy groups -OCH3 is 1. The van der Waals surface area contributed by atoms with Crippen LogP contribution >= 0.6 is 0 Å². The van der Waals surface area contributed by atoms with Crippen molar-refractivity contribution in [2.45, 2.75) is 37.7 Å². The number of ether oxygens (including phenoxy) is 1. The fraction of sp³-hybridized carbons (Fsp3) is 0.538. The van der Waals surface area contributed by atoms with Gasteiger partial charge in [-0.1, -0.05) is 13.0 Å². The molecule has 1 aromatic carbocycles. The highest BCUT2D eigenvalue weighted by Gasteiger charge is 2.19. The number of rotatable bonds is 7. The van der Waals surface area contributed by atoms with E-state index < -0.39 is 16.1 Å². The highest BCUT2D eigenvalue weighted by molar-refractivity contribution is 7.89. The van der Waals surface area contributed by atoms with E-state index in [1.165, 1.54) is 7.11 Å². The van der Waals surface area contributed by atoms with Crippen LogP contribution in [-0.4, -0.2) is 33.3 Å². The molecule has 0 heterocycles. The summed E-state index contributed by atoms with van der Waals surface area (Å²) in [5.41, 5.74) is 0.842. The standard InChI is InChI=1S/C13H21NO4S/c1-4-11(15)7-8-14-19(16,17)13-9-10(2)5-6-12(13)18-3/h5-6,9,11,14-15H,4,7-8H2,1-3H3. The predicted octanol–water partition coefficient (Wildman–Crippen LogP) is 1.44. The second-order valence-electron chi connectivity index (χ2n) is 4.40. The summed E-state index contributed by atoms with van der Waals surface area (Å²) in [7, 11) is -2.18. The number of benzene rings is 1. The Balaban J connectivity index is 2.85. The Bertz CT molecular complexity index is 513. The Morgan fingerprint density at radius 3 is 2.68 bits per heavy atom. The Kier molecular flexibility index (Phi) is 5.78. The Labute approximate surface area is 114 Å². The van der Waals surface area contributed by atoms with E-state index in [2.05, 4.69) is 4.72 Å². The molecule has 108 valence electrons. The lowest BCUT2D eigenvalue weighted by Crippen LogP contribution is -2.27. The van der Waals surface area contributed by atoms with Crippen molar-refractivity contribution in [2.24, 2.45) is 0 Å². The first-order valence-corrected chi connectivity index (χ1v) is 7.71. The van der Waals surface area contributed by atoms with Gasteiger partial charge in [0, 0.05) is 6.54 Å². The molecule has 6 heteroatoms. The van der Waals surface area contributed by atoms with Crippen molar-refractivity contribution in [2.75, 3.05) is 13.7 Å². The monoisotopic (exact) mass is 287 g/mol. The van der Waals surface area contributed by atoms with E-state index >= 15 is 0 Å². The van der Waals surface area contributed by atoms with Crippen LogP contribution in [0.1, 0.15) is 25.3 Å². The predicted molar refractivity (Wildman–Crippen MR) is 73.8 cm³/mol. The third-order valence-corrected chi connectivity index (χ3v) is 4.33. The summed E-state index contributed by atoms with van der Waals surface area (Å²) in [6.07, 6.45) is 0.515. The smallest absolute Gasteiger partial charge is 0.244 e. The maximum absolute atomic E-state index is 12.2. The number of sulfonamides is 1. The molecule has 0 aliphatic heterocycles. The van der Waals surface area contributed by atoms with Crippen LogP contribution in [0.4, 0.5) is 0 Å².